The first-order valence-corrected chi connectivity index (χ1v) is 6.16. The van der Waals surface area contributed by atoms with Crippen molar-refractivity contribution in [1.29, 1.82) is 0 Å². The second kappa shape index (κ2) is 5.87. The molecule has 0 radical (unpaired) electrons. The van der Waals surface area contributed by atoms with Crippen molar-refractivity contribution in [3.8, 4) is 11.5 Å². The lowest BCUT2D eigenvalue weighted by Gasteiger charge is -2.24. The molecule has 0 bridgehead atoms. The maximum absolute atomic E-state index is 11.0. The van der Waals surface area contributed by atoms with Crippen molar-refractivity contribution < 1.29 is 19.0 Å². The van der Waals surface area contributed by atoms with E-state index in [-0.39, 0.29) is 6.29 Å². The van der Waals surface area contributed by atoms with Gasteiger partial charge in [-0.25, -0.2) is 0 Å². The van der Waals surface area contributed by atoms with Gasteiger partial charge in [-0.2, -0.15) is 0 Å². The van der Waals surface area contributed by atoms with Gasteiger partial charge in [0.2, 0.25) is 0 Å². The molecule has 1 aromatic rings. The van der Waals surface area contributed by atoms with Crippen molar-refractivity contribution in [2.45, 2.75) is 32.5 Å². The highest BCUT2D eigenvalue weighted by molar-refractivity contribution is 5.82. The molecule has 2 rings (SSSR count). The van der Waals surface area contributed by atoms with Crippen molar-refractivity contribution in [1.82, 2.24) is 0 Å². The van der Waals surface area contributed by atoms with Crippen LogP contribution in [-0.2, 0) is 4.74 Å². The molecular formula is C14H18O4. The summed E-state index contributed by atoms with van der Waals surface area (Å²) >= 11 is 0. The van der Waals surface area contributed by atoms with Crippen LogP contribution in [0.2, 0.25) is 0 Å². The van der Waals surface area contributed by atoms with Gasteiger partial charge in [-0.05, 0) is 31.4 Å². The van der Waals surface area contributed by atoms with E-state index in [9.17, 15) is 4.79 Å². The van der Waals surface area contributed by atoms with E-state index in [1.807, 2.05) is 13.0 Å². The van der Waals surface area contributed by atoms with E-state index < -0.39 is 0 Å². The van der Waals surface area contributed by atoms with Crippen molar-refractivity contribution in [2.75, 3.05) is 13.7 Å². The number of methoxy groups -OCH3 is 1. The van der Waals surface area contributed by atoms with Gasteiger partial charge < -0.3 is 14.2 Å². The lowest BCUT2D eigenvalue weighted by atomic mass is 10.1. The van der Waals surface area contributed by atoms with Crippen LogP contribution in [-0.4, -0.2) is 26.3 Å². The first-order chi connectivity index (χ1) is 8.74. The Hall–Kier alpha value is -1.55. The minimum Gasteiger partial charge on any atom is -0.496 e. The fraction of sp³-hybridized carbons (Fsp3) is 0.500. The highest BCUT2D eigenvalue weighted by atomic mass is 16.7. The lowest BCUT2D eigenvalue weighted by molar-refractivity contribution is -0.105. The van der Waals surface area contributed by atoms with Crippen LogP contribution in [0.4, 0.5) is 0 Å². The summed E-state index contributed by atoms with van der Waals surface area (Å²) in [4.78, 5) is 11.0. The van der Waals surface area contributed by atoms with Gasteiger partial charge >= 0.3 is 0 Å². The number of ether oxygens (including phenoxy) is 3. The molecule has 1 fully saturated rings. The summed E-state index contributed by atoms with van der Waals surface area (Å²) in [5.41, 5.74) is 1.41. The summed E-state index contributed by atoms with van der Waals surface area (Å²) in [6.45, 7) is 2.61. The Labute approximate surface area is 107 Å². The zero-order valence-electron chi connectivity index (χ0n) is 10.8. The van der Waals surface area contributed by atoms with E-state index in [2.05, 4.69) is 0 Å². The fourth-order valence-electron chi connectivity index (χ4n) is 2.08. The molecule has 18 heavy (non-hydrogen) atoms. The zero-order chi connectivity index (χ0) is 13.0. The standard InChI is InChI=1S/C14H18O4/c1-10-7-11(8-13(16-2)12(10)9-15)18-14-5-3-4-6-17-14/h7-9,14H,3-6H2,1-2H3/t14-/m1/s1. The number of benzene rings is 1. The molecular weight excluding hydrogens is 232 g/mol. The van der Waals surface area contributed by atoms with E-state index in [1.54, 1.807) is 13.2 Å². The molecule has 0 unspecified atom stereocenters. The van der Waals surface area contributed by atoms with Crippen LogP contribution in [0.5, 0.6) is 11.5 Å². The average molecular weight is 250 g/mol. The SMILES string of the molecule is COc1cc(O[C@@H]2CCCCO2)cc(C)c1C=O. The van der Waals surface area contributed by atoms with Gasteiger partial charge in [0.15, 0.2) is 12.6 Å². The lowest BCUT2D eigenvalue weighted by Crippen LogP contribution is -2.25. The molecule has 1 aromatic carbocycles. The van der Waals surface area contributed by atoms with E-state index in [0.717, 1.165) is 37.7 Å². The van der Waals surface area contributed by atoms with Crippen molar-refractivity contribution in [3.05, 3.63) is 23.3 Å². The summed E-state index contributed by atoms with van der Waals surface area (Å²) < 4.78 is 16.5. The van der Waals surface area contributed by atoms with E-state index in [0.29, 0.717) is 17.1 Å². The molecule has 1 heterocycles. The number of hydrogen-bond acceptors (Lipinski definition) is 4. The molecule has 0 spiro atoms. The minimum atomic E-state index is -0.190. The summed E-state index contributed by atoms with van der Waals surface area (Å²) in [6, 6.07) is 3.57. The number of carbonyl (C=O) groups excluding carboxylic acids is 1. The Bertz CT molecular complexity index is 422. The molecule has 0 saturated carbocycles. The maximum atomic E-state index is 11.0. The Balaban J connectivity index is 2.17. The predicted molar refractivity (Wildman–Crippen MR) is 67.3 cm³/mol. The normalized spacial score (nSPS) is 19.3. The van der Waals surface area contributed by atoms with Gasteiger partial charge in [-0.15, -0.1) is 0 Å². The molecule has 1 atom stereocenters. The van der Waals surface area contributed by atoms with E-state index >= 15 is 0 Å². The summed E-state index contributed by atoms with van der Waals surface area (Å²) in [5.74, 6) is 1.22. The molecule has 0 aliphatic carbocycles. The van der Waals surface area contributed by atoms with Crippen molar-refractivity contribution in [3.63, 3.8) is 0 Å². The summed E-state index contributed by atoms with van der Waals surface area (Å²) in [5, 5.41) is 0. The Morgan fingerprint density at radius 3 is 2.83 bits per heavy atom. The first kappa shape index (κ1) is 12.9. The zero-order valence-corrected chi connectivity index (χ0v) is 10.8. The first-order valence-electron chi connectivity index (χ1n) is 6.16. The van der Waals surface area contributed by atoms with Gasteiger partial charge in [0, 0.05) is 12.5 Å². The third-order valence-corrected chi connectivity index (χ3v) is 3.07. The third kappa shape index (κ3) is 2.82. The van der Waals surface area contributed by atoms with Crippen LogP contribution in [0.25, 0.3) is 0 Å². The van der Waals surface area contributed by atoms with Crippen molar-refractivity contribution in [2.24, 2.45) is 0 Å². The van der Waals surface area contributed by atoms with Crippen LogP contribution in [0.1, 0.15) is 35.2 Å². The van der Waals surface area contributed by atoms with Gasteiger partial charge in [-0.1, -0.05) is 0 Å². The monoisotopic (exact) mass is 250 g/mol. The maximum Gasteiger partial charge on any atom is 0.199 e. The number of rotatable bonds is 4. The number of carbonyl (C=O) groups is 1. The molecule has 0 aromatic heterocycles. The van der Waals surface area contributed by atoms with Crippen LogP contribution in [0, 0.1) is 6.92 Å². The Morgan fingerprint density at radius 2 is 2.22 bits per heavy atom. The summed E-state index contributed by atoms with van der Waals surface area (Å²) in [6.07, 6.45) is 3.72. The highest BCUT2D eigenvalue weighted by Gasteiger charge is 2.17. The smallest absolute Gasteiger partial charge is 0.199 e. The third-order valence-electron chi connectivity index (χ3n) is 3.07. The van der Waals surface area contributed by atoms with Crippen LogP contribution in [0.15, 0.2) is 12.1 Å². The number of hydrogen-bond donors (Lipinski definition) is 0. The Morgan fingerprint density at radius 1 is 1.39 bits per heavy atom. The van der Waals surface area contributed by atoms with Crippen LogP contribution < -0.4 is 9.47 Å². The van der Waals surface area contributed by atoms with Gasteiger partial charge in [-0.3, -0.25) is 4.79 Å². The minimum absolute atomic E-state index is 0.190. The van der Waals surface area contributed by atoms with Gasteiger partial charge in [0.05, 0.1) is 19.3 Å². The molecule has 1 aliphatic rings. The van der Waals surface area contributed by atoms with E-state index in [1.165, 1.54) is 0 Å². The number of aryl methyl sites for hydroxylation is 1. The molecule has 1 aliphatic heterocycles. The van der Waals surface area contributed by atoms with Crippen molar-refractivity contribution >= 4 is 6.29 Å². The largest absolute Gasteiger partial charge is 0.496 e. The molecule has 0 N–H and O–H groups in total. The van der Waals surface area contributed by atoms with E-state index in [4.69, 9.17) is 14.2 Å². The van der Waals surface area contributed by atoms with Gasteiger partial charge in [0.1, 0.15) is 11.5 Å². The molecule has 98 valence electrons. The fourth-order valence-corrected chi connectivity index (χ4v) is 2.08. The highest BCUT2D eigenvalue weighted by Crippen LogP contribution is 2.29. The quantitative estimate of drug-likeness (QED) is 0.771. The van der Waals surface area contributed by atoms with Gasteiger partial charge in [0.25, 0.3) is 0 Å². The second-order valence-corrected chi connectivity index (χ2v) is 4.39. The molecule has 4 nitrogen and oxygen atoms in total. The molecule has 0 amide bonds. The number of aldehydes is 1. The van der Waals surface area contributed by atoms with Crippen LogP contribution in [0.3, 0.4) is 0 Å². The molecule has 4 heteroatoms. The van der Waals surface area contributed by atoms with Crippen LogP contribution >= 0.6 is 0 Å². The predicted octanol–water partition coefficient (Wildman–Crippen LogP) is 2.72. The average Bonchev–Trinajstić information content (AvgIpc) is 2.39. The topological polar surface area (TPSA) is 44.8 Å². The Kier molecular flexibility index (Phi) is 4.20. The summed E-state index contributed by atoms with van der Waals surface area (Å²) in [7, 11) is 1.54. The molecule has 1 saturated heterocycles. The second-order valence-electron chi connectivity index (χ2n) is 4.39.